The summed E-state index contributed by atoms with van der Waals surface area (Å²) < 4.78 is 70.8. The van der Waals surface area contributed by atoms with E-state index in [0.717, 1.165) is 37.7 Å². The van der Waals surface area contributed by atoms with Crippen molar-refractivity contribution in [1.82, 2.24) is 0 Å². The Balaban J connectivity index is 0.00000304. The van der Waals surface area contributed by atoms with Crippen LogP contribution in [0.25, 0.3) is 5.57 Å². The van der Waals surface area contributed by atoms with E-state index >= 15 is 0 Å². The van der Waals surface area contributed by atoms with Gasteiger partial charge in [-0.25, -0.2) is 8.42 Å². The maximum Gasteiger partial charge on any atom is 1.00 e. The molecule has 1 unspecified atom stereocenters. The molecule has 2 fully saturated rings. The maximum atomic E-state index is 12.4. The number of rotatable bonds is 3. The molecule has 1 heterocycles. The number of hydrogen-bond donors (Lipinski definition) is 0. The largest absolute Gasteiger partial charge is 1.00 e. The van der Waals surface area contributed by atoms with Crippen LogP contribution in [-0.4, -0.2) is 19.1 Å². The summed E-state index contributed by atoms with van der Waals surface area (Å²) in [5.74, 6) is 0.993. The van der Waals surface area contributed by atoms with Crippen LogP contribution < -0.4 is 34.3 Å². The van der Waals surface area contributed by atoms with Crippen LogP contribution in [0.1, 0.15) is 69.8 Å². The second-order valence-electron chi connectivity index (χ2n) is 10.1. The van der Waals surface area contributed by atoms with E-state index in [1.54, 1.807) is 0 Å². The molecule has 0 aliphatic heterocycles. The fourth-order valence-corrected chi connectivity index (χ4v) is 7.76. The topological polar surface area (TPSA) is 93.4 Å². The Morgan fingerprint density at radius 1 is 1.16 bits per heavy atom. The molecule has 32 heavy (non-hydrogen) atoms. The molecule has 0 radical (unpaired) electrons. The number of fused-ring (bicyclic) bond motifs is 5. The van der Waals surface area contributed by atoms with Gasteiger partial charge >= 0.3 is 29.6 Å². The van der Waals surface area contributed by atoms with Gasteiger partial charge in [-0.2, -0.15) is 4.73 Å². The molecule has 0 N–H and O–H groups in total. The molecular formula is C24H30NNaO5S. The number of aromatic nitrogens is 1. The zero-order valence-corrected chi connectivity index (χ0v) is 21.6. The molecular weight excluding hydrogens is 437 g/mol. The van der Waals surface area contributed by atoms with Crippen molar-refractivity contribution < 1.29 is 56.9 Å². The van der Waals surface area contributed by atoms with Gasteiger partial charge in [-0.15, -0.1) is 0 Å². The summed E-state index contributed by atoms with van der Waals surface area (Å²) in [5.41, 5.74) is 1.70. The zero-order valence-electron chi connectivity index (χ0n) is 22.8. The van der Waals surface area contributed by atoms with E-state index in [-0.39, 0.29) is 62.6 Å². The predicted molar refractivity (Wildman–Crippen MR) is 115 cm³/mol. The molecule has 4 aliphatic rings. The summed E-state index contributed by atoms with van der Waals surface area (Å²) in [5, 5.41) is 12.4. The van der Waals surface area contributed by atoms with Crippen LogP contribution in [0, 0.1) is 33.8 Å². The molecule has 0 amide bonds. The van der Waals surface area contributed by atoms with Gasteiger partial charge < -0.3 is 9.76 Å². The second-order valence-corrected chi connectivity index (χ2v) is 11.1. The molecule has 5 rings (SSSR count). The standard InChI is InChI=1S/C24H31NO5S.Na/c1-23-11-9-18(30-31(27,28)29)14-17(23)5-6-19-21-8-7-20(16-4-3-13-25(26)15-16)24(21,2)12-10-22(19)23;/h3-5,7,13,15,18-19,21-22H,6,8-12,14H2,1-2H3,(H,27,28,29);/q;+1/p-1/t18?,19-,21-,22-,23-,24+;/m0./s1/i3D,4D,13D,15D;. The average molecular weight is 472 g/mol. The smallest absolute Gasteiger partial charge is 0.726 e. The number of nitrogens with zero attached hydrogens (tertiary/aromatic N) is 1. The van der Waals surface area contributed by atoms with Crippen LogP contribution in [0.3, 0.4) is 0 Å². The van der Waals surface area contributed by atoms with Gasteiger partial charge in [0.15, 0.2) is 12.3 Å². The third kappa shape index (κ3) is 4.03. The van der Waals surface area contributed by atoms with Gasteiger partial charge in [0, 0.05) is 11.6 Å². The van der Waals surface area contributed by atoms with Gasteiger partial charge in [-0.05, 0) is 85.1 Å². The van der Waals surface area contributed by atoms with E-state index in [9.17, 15) is 18.2 Å². The number of pyridine rings is 1. The Morgan fingerprint density at radius 2 is 1.91 bits per heavy atom. The van der Waals surface area contributed by atoms with Crippen molar-refractivity contribution in [2.75, 3.05) is 0 Å². The molecule has 0 bridgehead atoms. The molecule has 0 spiro atoms. The molecule has 6 nitrogen and oxygen atoms in total. The number of allylic oxidation sites excluding steroid dienone is 3. The van der Waals surface area contributed by atoms with E-state index in [1.165, 1.54) is 5.57 Å². The number of hydrogen-bond acceptors (Lipinski definition) is 5. The molecule has 1 aromatic rings. The summed E-state index contributed by atoms with van der Waals surface area (Å²) in [7, 11) is -4.74. The zero-order chi connectivity index (χ0) is 25.5. The van der Waals surface area contributed by atoms with Crippen LogP contribution in [0.5, 0.6) is 0 Å². The first-order valence-corrected chi connectivity index (χ1v) is 12.4. The quantitative estimate of drug-likeness (QED) is 0.165. The van der Waals surface area contributed by atoms with Crippen LogP contribution >= 0.6 is 0 Å². The predicted octanol–water partition coefficient (Wildman–Crippen LogP) is 1.13. The van der Waals surface area contributed by atoms with E-state index in [2.05, 4.69) is 19.9 Å². The summed E-state index contributed by atoms with van der Waals surface area (Å²) in [4.78, 5) is 0. The second kappa shape index (κ2) is 8.51. The van der Waals surface area contributed by atoms with Crippen molar-refractivity contribution >= 4 is 16.0 Å². The fourth-order valence-electron chi connectivity index (χ4n) is 7.26. The van der Waals surface area contributed by atoms with Gasteiger partial charge in [0.1, 0.15) is 2.74 Å². The molecule has 6 atom stereocenters. The van der Waals surface area contributed by atoms with E-state index in [4.69, 9.17) is 9.67 Å². The third-order valence-corrected chi connectivity index (χ3v) is 9.23. The normalized spacial score (nSPS) is 40.2. The molecule has 4 aliphatic carbocycles. The van der Waals surface area contributed by atoms with E-state index in [0.29, 0.717) is 24.7 Å². The molecule has 0 aromatic carbocycles. The average Bonchev–Trinajstić information content (AvgIpc) is 3.13. The van der Waals surface area contributed by atoms with Gasteiger partial charge in [0.2, 0.25) is 10.4 Å². The van der Waals surface area contributed by atoms with Gasteiger partial charge in [0.05, 0.1) is 8.85 Å². The minimum Gasteiger partial charge on any atom is -0.726 e. The minimum absolute atomic E-state index is 0. The molecule has 0 saturated heterocycles. The summed E-state index contributed by atoms with van der Waals surface area (Å²) in [6, 6.07) is -0.684. The third-order valence-electron chi connectivity index (χ3n) is 8.72. The van der Waals surface area contributed by atoms with Gasteiger partial charge in [0.25, 0.3) is 0 Å². The molecule has 8 heteroatoms. The Morgan fingerprint density at radius 3 is 2.66 bits per heavy atom. The van der Waals surface area contributed by atoms with Crippen molar-refractivity contribution in [2.45, 2.75) is 64.9 Å². The maximum absolute atomic E-state index is 12.4. The van der Waals surface area contributed by atoms with Gasteiger partial charge in [-0.3, -0.25) is 4.18 Å². The fraction of sp³-hybridized carbons (Fsp3) is 0.625. The summed E-state index contributed by atoms with van der Waals surface area (Å²) in [6.07, 6.45) is 7.56. The Labute approximate surface area is 218 Å². The molecule has 2 saturated carbocycles. The monoisotopic (exact) mass is 471 g/mol. The first kappa shape index (κ1) is 19.6. The first-order valence-electron chi connectivity index (χ1n) is 13.0. The van der Waals surface area contributed by atoms with Crippen molar-refractivity contribution in [2.24, 2.45) is 28.6 Å². The summed E-state index contributed by atoms with van der Waals surface area (Å²) >= 11 is 0. The van der Waals surface area contributed by atoms with Crippen molar-refractivity contribution in [1.29, 1.82) is 0 Å². The molecule has 1 aromatic heterocycles. The van der Waals surface area contributed by atoms with E-state index < -0.39 is 34.9 Å². The first-order chi connectivity index (χ1) is 16.3. The van der Waals surface area contributed by atoms with Crippen molar-refractivity contribution in [3.63, 3.8) is 0 Å². The van der Waals surface area contributed by atoms with Crippen LogP contribution in [0.4, 0.5) is 0 Å². The van der Waals surface area contributed by atoms with Crippen LogP contribution in [-0.2, 0) is 14.6 Å². The van der Waals surface area contributed by atoms with E-state index in [1.807, 2.05) is 6.08 Å². The Kier molecular flexibility index (Phi) is 5.21. The Bertz CT molecular complexity index is 1240. The van der Waals surface area contributed by atoms with Crippen molar-refractivity contribution in [3.05, 3.63) is 52.9 Å². The minimum atomic E-state index is -4.74. The van der Waals surface area contributed by atoms with Crippen LogP contribution in [0.2, 0.25) is 0 Å². The van der Waals surface area contributed by atoms with Crippen LogP contribution in [0.15, 0.2) is 42.2 Å². The Hall–Kier alpha value is -0.700. The SMILES string of the molecule is [2H]c1c([2H])c([2H])[n+]([O-])c([2H])c1C1=CC[C@H]2[C@@H]3CC=C4CC(OS(=O)(=O)[O-])CC[C@]4(C)[C@H]3CC[C@]12C.[Na+]. The van der Waals surface area contributed by atoms with Crippen molar-refractivity contribution in [3.8, 4) is 0 Å². The summed E-state index contributed by atoms with van der Waals surface area (Å²) in [6.45, 7) is 4.39. The molecule has 168 valence electrons. The van der Waals surface area contributed by atoms with Gasteiger partial charge in [-0.1, -0.05) is 31.6 Å².